The quantitative estimate of drug-likeness (QED) is 0.271. The number of ether oxygens (including phenoxy) is 1. The first-order valence-corrected chi connectivity index (χ1v) is 8.81. The van der Waals surface area contributed by atoms with Gasteiger partial charge >= 0.3 is 5.97 Å². The molecule has 1 N–H and O–H groups in total. The molecule has 0 fully saturated rings. The summed E-state index contributed by atoms with van der Waals surface area (Å²) < 4.78 is 6.33. The maximum absolute atomic E-state index is 11.5. The van der Waals surface area contributed by atoms with E-state index in [9.17, 15) is 9.59 Å². The van der Waals surface area contributed by atoms with Crippen LogP contribution in [0.25, 0.3) is 0 Å². The zero-order chi connectivity index (χ0) is 18.3. The van der Waals surface area contributed by atoms with Crippen molar-refractivity contribution in [2.75, 3.05) is 13.2 Å². The molecule has 1 aromatic heterocycles. The zero-order valence-electron chi connectivity index (χ0n) is 15.1. The normalized spacial score (nSPS) is 11.3. The van der Waals surface area contributed by atoms with Gasteiger partial charge in [-0.25, -0.2) is 4.68 Å². The SMILES string of the molecule is CCCCCNC(=O)/C=C/C=C\CCc1cn(CC(=O)OCC)nn1. The van der Waals surface area contributed by atoms with Crippen LogP contribution in [0, 0.1) is 0 Å². The Balaban J connectivity index is 2.20. The van der Waals surface area contributed by atoms with Crippen LogP contribution in [0.4, 0.5) is 0 Å². The maximum Gasteiger partial charge on any atom is 0.327 e. The molecule has 138 valence electrons. The van der Waals surface area contributed by atoms with Crippen LogP contribution in [-0.2, 0) is 27.3 Å². The lowest BCUT2D eigenvalue weighted by atomic mass is 10.2. The monoisotopic (exact) mass is 348 g/mol. The highest BCUT2D eigenvalue weighted by molar-refractivity contribution is 5.87. The largest absolute Gasteiger partial charge is 0.465 e. The number of hydrogen-bond donors (Lipinski definition) is 1. The Kier molecular flexibility index (Phi) is 10.6. The summed E-state index contributed by atoms with van der Waals surface area (Å²) in [7, 11) is 0. The molecule has 0 saturated carbocycles. The lowest BCUT2D eigenvalue weighted by molar-refractivity contribution is -0.144. The van der Waals surface area contributed by atoms with Crippen molar-refractivity contribution in [2.24, 2.45) is 0 Å². The lowest BCUT2D eigenvalue weighted by Gasteiger charge is -1.99. The number of carbonyl (C=O) groups excluding carboxylic acids is 2. The van der Waals surface area contributed by atoms with E-state index >= 15 is 0 Å². The van der Waals surface area contributed by atoms with E-state index in [1.165, 1.54) is 10.8 Å². The van der Waals surface area contributed by atoms with Gasteiger partial charge in [0.05, 0.1) is 12.3 Å². The fourth-order valence-electron chi connectivity index (χ4n) is 2.06. The molecule has 0 aliphatic carbocycles. The number of nitrogens with zero attached hydrogens (tertiary/aromatic N) is 3. The molecular formula is C18H28N4O3. The van der Waals surface area contributed by atoms with E-state index in [2.05, 4.69) is 22.6 Å². The first-order valence-electron chi connectivity index (χ1n) is 8.81. The van der Waals surface area contributed by atoms with Crippen LogP contribution in [0.15, 0.2) is 30.5 Å². The topological polar surface area (TPSA) is 86.1 Å². The van der Waals surface area contributed by atoms with Gasteiger partial charge in [-0.05, 0) is 26.2 Å². The molecule has 0 spiro atoms. The number of allylic oxidation sites excluding steroid dienone is 3. The van der Waals surface area contributed by atoms with E-state index in [1.807, 2.05) is 12.2 Å². The fraction of sp³-hybridized carbons (Fsp3) is 0.556. The van der Waals surface area contributed by atoms with Crippen molar-refractivity contribution in [3.8, 4) is 0 Å². The summed E-state index contributed by atoms with van der Waals surface area (Å²) in [4.78, 5) is 22.9. The molecule has 0 atom stereocenters. The third-order valence-electron chi connectivity index (χ3n) is 3.32. The standard InChI is InChI=1S/C18H28N4O3/c1-3-5-10-13-19-17(23)12-9-7-6-8-11-16-14-22(21-20-16)15-18(24)25-4-2/h6-7,9,12,14H,3-5,8,10-11,13,15H2,1-2H3,(H,19,23)/b7-6-,12-9+. The minimum absolute atomic E-state index is 0.0670. The predicted molar refractivity (Wildman–Crippen MR) is 95.8 cm³/mol. The molecule has 25 heavy (non-hydrogen) atoms. The third-order valence-corrected chi connectivity index (χ3v) is 3.32. The van der Waals surface area contributed by atoms with Gasteiger partial charge in [0.15, 0.2) is 0 Å². The van der Waals surface area contributed by atoms with Crippen LogP contribution in [0.2, 0.25) is 0 Å². The van der Waals surface area contributed by atoms with E-state index in [-0.39, 0.29) is 18.4 Å². The number of aromatic nitrogens is 3. The Morgan fingerprint density at radius 3 is 2.88 bits per heavy atom. The molecule has 1 amide bonds. The molecule has 0 radical (unpaired) electrons. The second kappa shape index (κ2) is 12.9. The van der Waals surface area contributed by atoms with E-state index in [1.54, 1.807) is 19.2 Å². The van der Waals surface area contributed by atoms with Crippen LogP contribution in [0.1, 0.15) is 45.2 Å². The molecule has 0 bridgehead atoms. The molecule has 1 aromatic rings. The minimum Gasteiger partial charge on any atom is -0.465 e. The first kappa shape index (κ1) is 20.6. The van der Waals surface area contributed by atoms with Crippen LogP contribution < -0.4 is 5.32 Å². The summed E-state index contributed by atoms with van der Waals surface area (Å²) >= 11 is 0. The van der Waals surface area contributed by atoms with Crippen molar-refractivity contribution in [1.82, 2.24) is 20.3 Å². The summed E-state index contributed by atoms with van der Waals surface area (Å²) in [6.45, 7) is 5.05. The molecule has 0 aliphatic heterocycles. The molecule has 7 heteroatoms. The van der Waals surface area contributed by atoms with Gasteiger partial charge in [0.25, 0.3) is 0 Å². The van der Waals surface area contributed by atoms with E-state index in [0.29, 0.717) is 6.61 Å². The Labute approximate surface area is 149 Å². The fourth-order valence-corrected chi connectivity index (χ4v) is 2.06. The number of amides is 1. The second-order valence-electron chi connectivity index (χ2n) is 5.54. The lowest BCUT2D eigenvalue weighted by Crippen LogP contribution is -2.21. The predicted octanol–water partition coefficient (Wildman–Crippen LogP) is 2.19. The van der Waals surface area contributed by atoms with Gasteiger partial charge < -0.3 is 10.1 Å². The molecule has 0 aliphatic rings. The zero-order valence-corrected chi connectivity index (χ0v) is 15.1. The molecule has 1 rings (SSSR count). The van der Waals surface area contributed by atoms with Crippen LogP contribution in [0.5, 0.6) is 0 Å². The number of nitrogens with one attached hydrogen (secondary N) is 1. The van der Waals surface area contributed by atoms with Crippen LogP contribution >= 0.6 is 0 Å². The van der Waals surface area contributed by atoms with Gasteiger partial charge in [-0.2, -0.15) is 0 Å². The molecule has 0 unspecified atom stereocenters. The van der Waals surface area contributed by atoms with Gasteiger partial charge in [0.2, 0.25) is 5.91 Å². The van der Waals surface area contributed by atoms with E-state index in [4.69, 9.17) is 4.74 Å². The van der Waals surface area contributed by atoms with Gasteiger partial charge in [0.1, 0.15) is 6.54 Å². The highest BCUT2D eigenvalue weighted by atomic mass is 16.5. The molecule has 1 heterocycles. The summed E-state index contributed by atoms with van der Waals surface area (Å²) in [5, 5.41) is 10.7. The minimum atomic E-state index is -0.322. The van der Waals surface area contributed by atoms with Gasteiger partial charge in [-0.3, -0.25) is 9.59 Å². The summed E-state index contributed by atoms with van der Waals surface area (Å²) in [5.41, 5.74) is 0.812. The van der Waals surface area contributed by atoms with Crippen molar-refractivity contribution in [1.29, 1.82) is 0 Å². The van der Waals surface area contributed by atoms with Crippen molar-refractivity contribution in [3.63, 3.8) is 0 Å². The smallest absolute Gasteiger partial charge is 0.327 e. The maximum atomic E-state index is 11.5. The Morgan fingerprint density at radius 2 is 2.12 bits per heavy atom. The molecular weight excluding hydrogens is 320 g/mol. The number of carbonyl (C=O) groups is 2. The van der Waals surface area contributed by atoms with Crippen molar-refractivity contribution in [2.45, 2.75) is 52.5 Å². The molecule has 0 aromatic carbocycles. The Hall–Kier alpha value is -2.44. The second-order valence-corrected chi connectivity index (χ2v) is 5.54. The van der Waals surface area contributed by atoms with Crippen LogP contribution in [-0.4, -0.2) is 40.0 Å². The number of aryl methyl sites for hydroxylation is 1. The van der Waals surface area contributed by atoms with E-state index in [0.717, 1.165) is 44.3 Å². The van der Waals surface area contributed by atoms with Crippen molar-refractivity contribution >= 4 is 11.9 Å². The summed E-state index contributed by atoms with van der Waals surface area (Å²) in [6, 6.07) is 0. The van der Waals surface area contributed by atoms with Crippen molar-refractivity contribution < 1.29 is 14.3 Å². The number of hydrogen-bond acceptors (Lipinski definition) is 5. The number of esters is 1. The van der Waals surface area contributed by atoms with Gasteiger partial charge in [-0.15, -0.1) is 5.10 Å². The molecule has 7 nitrogen and oxygen atoms in total. The van der Waals surface area contributed by atoms with Gasteiger partial charge in [0, 0.05) is 18.8 Å². The number of rotatable bonds is 12. The highest BCUT2D eigenvalue weighted by Crippen LogP contribution is 2.00. The van der Waals surface area contributed by atoms with E-state index < -0.39 is 0 Å². The Morgan fingerprint density at radius 1 is 1.28 bits per heavy atom. The third kappa shape index (κ3) is 10.1. The summed E-state index contributed by atoms with van der Waals surface area (Å²) in [6.07, 6.45) is 13.6. The number of unbranched alkanes of at least 4 members (excludes halogenated alkanes) is 2. The first-order chi connectivity index (χ1) is 12.2. The Bertz CT molecular complexity index is 579. The average molecular weight is 348 g/mol. The summed E-state index contributed by atoms with van der Waals surface area (Å²) in [5.74, 6) is -0.389. The van der Waals surface area contributed by atoms with Crippen molar-refractivity contribution in [3.05, 3.63) is 36.2 Å². The van der Waals surface area contributed by atoms with Gasteiger partial charge in [-0.1, -0.05) is 43.2 Å². The average Bonchev–Trinajstić information content (AvgIpc) is 3.02. The van der Waals surface area contributed by atoms with Crippen LogP contribution in [0.3, 0.4) is 0 Å². The molecule has 0 saturated heterocycles. The highest BCUT2D eigenvalue weighted by Gasteiger charge is 2.05.